The Morgan fingerprint density at radius 1 is 1.15 bits per heavy atom. The van der Waals surface area contributed by atoms with Crippen molar-refractivity contribution in [3.63, 3.8) is 0 Å². The minimum Gasteiger partial charge on any atom is -0.378 e. The quantitative estimate of drug-likeness (QED) is 0.841. The maximum Gasteiger partial charge on any atom is 0.0939 e. The SMILES string of the molecule is CC1OC(C)C(C(N)C2CCOC3(CCOC3)C2)C1C. The predicted molar refractivity (Wildman–Crippen MR) is 77.5 cm³/mol. The summed E-state index contributed by atoms with van der Waals surface area (Å²) >= 11 is 0. The smallest absolute Gasteiger partial charge is 0.0939 e. The number of rotatable bonds is 2. The zero-order valence-electron chi connectivity index (χ0n) is 13.0. The van der Waals surface area contributed by atoms with Crippen LogP contribution < -0.4 is 5.73 Å². The molecule has 3 aliphatic rings. The molecule has 0 aromatic carbocycles. The van der Waals surface area contributed by atoms with Gasteiger partial charge in [0.15, 0.2) is 0 Å². The Bertz CT molecular complexity index is 343. The Hall–Kier alpha value is -0.160. The van der Waals surface area contributed by atoms with Crippen molar-refractivity contribution in [3.05, 3.63) is 0 Å². The summed E-state index contributed by atoms with van der Waals surface area (Å²) in [5.41, 5.74) is 6.63. The minimum absolute atomic E-state index is 0.0436. The molecule has 20 heavy (non-hydrogen) atoms. The molecule has 3 aliphatic heterocycles. The van der Waals surface area contributed by atoms with Crippen molar-refractivity contribution in [1.82, 2.24) is 0 Å². The van der Waals surface area contributed by atoms with Gasteiger partial charge in [0, 0.05) is 31.6 Å². The molecule has 0 saturated carbocycles. The molecule has 4 heteroatoms. The van der Waals surface area contributed by atoms with Gasteiger partial charge in [0.2, 0.25) is 0 Å². The number of ether oxygens (including phenoxy) is 3. The van der Waals surface area contributed by atoms with E-state index in [4.69, 9.17) is 19.9 Å². The van der Waals surface area contributed by atoms with Crippen LogP contribution >= 0.6 is 0 Å². The van der Waals surface area contributed by atoms with Crippen LogP contribution in [0.4, 0.5) is 0 Å². The standard InChI is InChI=1S/C16H29NO3/c1-10-11(2)20-12(3)14(10)15(17)13-4-6-19-16(8-13)5-7-18-9-16/h10-15H,4-9,17H2,1-3H3. The van der Waals surface area contributed by atoms with E-state index in [1.165, 1.54) is 0 Å². The lowest BCUT2D eigenvalue weighted by atomic mass is 9.73. The van der Waals surface area contributed by atoms with Gasteiger partial charge in [-0.05, 0) is 38.5 Å². The Morgan fingerprint density at radius 2 is 1.95 bits per heavy atom. The number of nitrogens with two attached hydrogens (primary N) is 1. The van der Waals surface area contributed by atoms with Crippen molar-refractivity contribution in [3.8, 4) is 0 Å². The first-order valence-electron chi connectivity index (χ1n) is 8.15. The lowest BCUT2D eigenvalue weighted by Gasteiger charge is -2.42. The van der Waals surface area contributed by atoms with E-state index in [0.29, 0.717) is 23.9 Å². The van der Waals surface area contributed by atoms with Crippen LogP contribution in [0.5, 0.6) is 0 Å². The molecule has 0 bridgehead atoms. The molecule has 3 saturated heterocycles. The van der Waals surface area contributed by atoms with Gasteiger partial charge >= 0.3 is 0 Å². The van der Waals surface area contributed by atoms with Crippen molar-refractivity contribution in [2.45, 2.75) is 63.9 Å². The van der Waals surface area contributed by atoms with Gasteiger partial charge in [-0.1, -0.05) is 6.92 Å². The molecule has 7 unspecified atom stereocenters. The first kappa shape index (κ1) is 14.8. The van der Waals surface area contributed by atoms with Gasteiger partial charge in [-0.15, -0.1) is 0 Å². The van der Waals surface area contributed by atoms with Crippen molar-refractivity contribution < 1.29 is 14.2 Å². The van der Waals surface area contributed by atoms with Gasteiger partial charge in [-0.3, -0.25) is 0 Å². The van der Waals surface area contributed by atoms with E-state index in [1.54, 1.807) is 0 Å². The summed E-state index contributed by atoms with van der Waals surface area (Å²) in [6.45, 7) is 9.04. The first-order valence-corrected chi connectivity index (χ1v) is 8.15. The third-order valence-electron chi connectivity index (χ3n) is 5.91. The Labute approximate surface area is 122 Å². The summed E-state index contributed by atoms with van der Waals surface area (Å²) in [7, 11) is 0. The molecule has 0 radical (unpaired) electrons. The van der Waals surface area contributed by atoms with E-state index >= 15 is 0 Å². The van der Waals surface area contributed by atoms with E-state index in [0.717, 1.165) is 39.1 Å². The average molecular weight is 283 g/mol. The predicted octanol–water partition coefficient (Wildman–Crippen LogP) is 1.96. The Morgan fingerprint density at radius 3 is 2.55 bits per heavy atom. The largest absolute Gasteiger partial charge is 0.378 e. The van der Waals surface area contributed by atoms with Crippen LogP contribution in [-0.4, -0.2) is 43.7 Å². The third kappa shape index (κ3) is 2.52. The fourth-order valence-electron chi connectivity index (χ4n) is 4.53. The molecule has 0 aromatic rings. The van der Waals surface area contributed by atoms with Crippen LogP contribution in [0.1, 0.15) is 40.0 Å². The second-order valence-corrected chi connectivity index (χ2v) is 7.15. The fourth-order valence-corrected chi connectivity index (χ4v) is 4.53. The zero-order chi connectivity index (χ0) is 14.3. The van der Waals surface area contributed by atoms with E-state index < -0.39 is 0 Å². The molecule has 0 amide bonds. The molecular weight excluding hydrogens is 254 g/mol. The highest BCUT2D eigenvalue weighted by Crippen LogP contribution is 2.42. The lowest BCUT2D eigenvalue weighted by molar-refractivity contribution is -0.105. The highest BCUT2D eigenvalue weighted by Gasteiger charge is 2.47. The van der Waals surface area contributed by atoms with E-state index in [9.17, 15) is 0 Å². The van der Waals surface area contributed by atoms with Gasteiger partial charge < -0.3 is 19.9 Å². The van der Waals surface area contributed by atoms with Crippen LogP contribution in [0, 0.1) is 17.8 Å². The second kappa shape index (κ2) is 5.56. The fraction of sp³-hybridized carbons (Fsp3) is 1.00. The number of hydrogen-bond donors (Lipinski definition) is 1. The highest BCUT2D eigenvalue weighted by molar-refractivity contribution is 4.98. The van der Waals surface area contributed by atoms with Crippen molar-refractivity contribution in [2.75, 3.05) is 19.8 Å². The summed E-state index contributed by atoms with van der Waals surface area (Å²) in [6.07, 6.45) is 3.75. The molecule has 3 heterocycles. The van der Waals surface area contributed by atoms with Gasteiger partial charge in [-0.25, -0.2) is 0 Å². The Kier molecular flexibility index (Phi) is 4.10. The van der Waals surface area contributed by atoms with E-state index in [-0.39, 0.29) is 17.7 Å². The molecule has 4 nitrogen and oxygen atoms in total. The van der Waals surface area contributed by atoms with E-state index in [2.05, 4.69) is 20.8 Å². The van der Waals surface area contributed by atoms with Gasteiger partial charge in [0.1, 0.15) is 0 Å². The molecule has 3 fully saturated rings. The Balaban J connectivity index is 1.69. The van der Waals surface area contributed by atoms with Gasteiger partial charge in [-0.2, -0.15) is 0 Å². The number of hydrogen-bond acceptors (Lipinski definition) is 4. The average Bonchev–Trinajstić information content (AvgIpc) is 2.95. The van der Waals surface area contributed by atoms with Crippen LogP contribution in [0.25, 0.3) is 0 Å². The van der Waals surface area contributed by atoms with E-state index in [1.807, 2.05) is 0 Å². The first-order chi connectivity index (χ1) is 9.52. The summed E-state index contributed by atoms with van der Waals surface area (Å²) in [5.74, 6) is 1.54. The monoisotopic (exact) mass is 283 g/mol. The third-order valence-corrected chi connectivity index (χ3v) is 5.91. The molecule has 7 atom stereocenters. The molecule has 3 rings (SSSR count). The molecule has 2 N–H and O–H groups in total. The molecule has 1 spiro atoms. The molecular formula is C16H29NO3. The minimum atomic E-state index is -0.0436. The van der Waals surface area contributed by atoms with Gasteiger partial charge in [0.25, 0.3) is 0 Å². The summed E-state index contributed by atoms with van der Waals surface area (Å²) < 4.78 is 17.6. The summed E-state index contributed by atoms with van der Waals surface area (Å²) in [6, 6.07) is 0.214. The van der Waals surface area contributed by atoms with Crippen LogP contribution in [0.15, 0.2) is 0 Å². The van der Waals surface area contributed by atoms with Gasteiger partial charge in [0.05, 0.1) is 24.4 Å². The van der Waals surface area contributed by atoms with Crippen LogP contribution in [0.3, 0.4) is 0 Å². The topological polar surface area (TPSA) is 53.7 Å². The van der Waals surface area contributed by atoms with Crippen LogP contribution in [-0.2, 0) is 14.2 Å². The van der Waals surface area contributed by atoms with Crippen molar-refractivity contribution >= 4 is 0 Å². The lowest BCUT2D eigenvalue weighted by Crippen LogP contribution is -2.50. The van der Waals surface area contributed by atoms with Crippen molar-refractivity contribution in [1.29, 1.82) is 0 Å². The zero-order valence-corrected chi connectivity index (χ0v) is 13.0. The summed E-state index contributed by atoms with van der Waals surface area (Å²) in [4.78, 5) is 0. The maximum atomic E-state index is 6.67. The van der Waals surface area contributed by atoms with Crippen LogP contribution in [0.2, 0.25) is 0 Å². The summed E-state index contributed by atoms with van der Waals surface area (Å²) in [5, 5.41) is 0. The van der Waals surface area contributed by atoms with Crippen molar-refractivity contribution in [2.24, 2.45) is 23.5 Å². The molecule has 0 aromatic heterocycles. The molecule has 116 valence electrons. The maximum absolute atomic E-state index is 6.67. The highest BCUT2D eigenvalue weighted by atomic mass is 16.6. The molecule has 0 aliphatic carbocycles. The normalized spacial score (nSPS) is 50.7. The second-order valence-electron chi connectivity index (χ2n) is 7.15.